The van der Waals surface area contributed by atoms with E-state index in [1.54, 1.807) is 4.90 Å². The molecule has 0 aliphatic heterocycles. The van der Waals surface area contributed by atoms with Crippen LogP contribution in [0.5, 0.6) is 0 Å². The molecule has 7 rings (SSSR count). The van der Waals surface area contributed by atoms with E-state index >= 15 is 0 Å². The van der Waals surface area contributed by atoms with Gasteiger partial charge in [-0.25, -0.2) is 8.42 Å². The maximum atomic E-state index is 14.4. The summed E-state index contributed by atoms with van der Waals surface area (Å²) in [6, 6.07) is 24.4. The normalized spacial score (nSPS) is 23.4. The van der Waals surface area contributed by atoms with Crippen molar-refractivity contribution in [1.29, 1.82) is 0 Å². The van der Waals surface area contributed by atoms with Crippen molar-refractivity contribution in [2.45, 2.75) is 82.7 Å². The Morgan fingerprint density at radius 1 is 0.875 bits per heavy atom. The van der Waals surface area contributed by atoms with Gasteiger partial charge < -0.3 is 10.2 Å². The SMILES string of the molecule is CCCCNC(=O)[C@@H](Cc1ccccc1)N(Cc1ccc(Br)cc1)C(=O)CN(c1ccc(C23CC4CC(CC(C4)C2)C3)cc1)S(C)(=O)=O. The number of unbranched alkanes of at least 4 members (excludes halogenated alkanes) is 1. The van der Waals surface area contributed by atoms with Crippen molar-refractivity contribution in [3.05, 3.63) is 100 Å². The summed E-state index contributed by atoms with van der Waals surface area (Å²) < 4.78 is 28.8. The first-order chi connectivity index (χ1) is 23.0. The Kier molecular flexibility index (Phi) is 10.7. The highest BCUT2D eigenvalue weighted by molar-refractivity contribution is 9.10. The number of nitrogens with one attached hydrogen (secondary N) is 1. The van der Waals surface area contributed by atoms with Crippen molar-refractivity contribution >= 4 is 43.5 Å². The minimum atomic E-state index is -3.83. The summed E-state index contributed by atoms with van der Waals surface area (Å²) in [6.07, 6.45) is 11.0. The average molecular weight is 735 g/mol. The number of hydrogen-bond acceptors (Lipinski definition) is 4. The largest absolute Gasteiger partial charge is 0.354 e. The van der Waals surface area contributed by atoms with Crippen LogP contribution in [-0.4, -0.2) is 50.5 Å². The Balaban J connectivity index is 1.29. The van der Waals surface area contributed by atoms with Crippen LogP contribution in [0.3, 0.4) is 0 Å². The minimum Gasteiger partial charge on any atom is -0.354 e. The van der Waals surface area contributed by atoms with Crippen molar-refractivity contribution in [3.63, 3.8) is 0 Å². The van der Waals surface area contributed by atoms with Gasteiger partial charge in [-0.3, -0.25) is 13.9 Å². The van der Waals surface area contributed by atoms with Gasteiger partial charge in [0.25, 0.3) is 0 Å². The van der Waals surface area contributed by atoms with Gasteiger partial charge >= 0.3 is 0 Å². The first-order valence-electron chi connectivity index (χ1n) is 17.5. The van der Waals surface area contributed by atoms with E-state index in [4.69, 9.17) is 0 Å². The Labute approximate surface area is 294 Å². The summed E-state index contributed by atoms with van der Waals surface area (Å²) >= 11 is 3.48. The third kappa shape index (κ3) is 7.99. The zero-order valence-corrected chi connectivity index (χ0v) is 30.5. The second kappa shape index (κ2) is 14.8. The quantitative estimate of drug-likeness (QED) is 0.177. The summed E-state index contributed by atoms with van der Waals surface area (Å²) in [5.41, 5.74) is 3.72. The molecule has 256 valence electrons. The lowest BCUT2D eigenvalue weighted by atomic mass is 9.48. The zero-order chi connectivity index (χ0) is 33.9. The van der Waals surface area contributed by atoms with Gasteiger partial charge in [0.1, 0.15) is 12.6 Å². The molecule has 4 aliphatic carbocycles. The van der Waals surface area contributed by atoms with E-state index < -0.39 is 28.5 Å². The predicted octanol–water partition coefficient (Wildman–Crippen LogP) is 7.24. The highest BCUT2D eigenvalue weighted by Crippen LogP contribution is 2.60. The van der Waals surface area contributed by atoms with Crippen LogP contribution in [-0.2, 0) is 38.0 Å². The van der Waals surface area contributed by atoms with Crippen LogP contribution in [0.1, 0.15) is 75.0 Å². The molecule has 3 aromatic carbocycles. The monoisotopic (exact) mass is 733 g/mol. The number of carbonyl (C=O) groups is 2. The molecule has 1 N–H and O–H groups in total. The number of benzene rings is 3. The number of sulfonamides is 1. The third-order valence-electron chi connectivity index (χ3n) is 10.9. The topological polar surface area (TPSA) is 86.8 Å². The van der Waals surface area contributed by atoms with Crippen molar-refractivity contribution in [2.75, 3.05) is 23.7 Å². The third-order valence-corrected chi connectivity index (χ3v) is 12.5. The Hall–Kier alpha value is -3.17. The summed E-state index contributed by atoms with van der Waals surface area (Å²) in [4.78, 5) is 29.8. The lowest BCUT2D eigenvalue weighted by Crippen LogP contribution is -2.53. The van der Waals surface area contributed by atoms with Gasteiger partial charge in [-0.05, 0) is 109 Å². The molecule has 7 nitrogen and oxygen atoms in total. The molecule has 4 saturated carbocycles. The van der Waals surface area contributed by atoms with Crippen molar-refractivity contribution in [3.8, 4) is 0 Å². The molecule has 0 spiro atoms. The zero-order valence-electron chi connectivity index (χ0n) is 28.1. The minimum absolute atomic E-state index is 0.160. The smallest absolute Gasteiger partial charge is 0.244 e. The molecule has 4 fully saturated rings. The van der Waals surface area contributed by atoms with Crippen LogP contribution in [0.25, 0.3) is 0 Å². The van der Waals surface area contributed by atoms with Crippen molar-refractivity contribution in [1.82, 2.24) is 10.2 Å². The maximum Gasteiger partial charge on any atom is 0.244 e. The van der Waals surface area contributed by atoms with E-state index in [0.29, 0.717) is 18.7 Å². The summed E-state index contributed by atoms with van der Waals surface area (Å²) in [5.74, 6) is 1.74. The highest BCUT2D eigenvalue weighted by atomic mass is 79.9. The molecule has 0 unspecified atom stereocenters. The van der Waals surface area contributed by atoms with Crippen LogP contribution < -0.4 is 9.62 Å². The number of halogens is 1. The lowest BCUT2D eigenvalue weighted by molar-refractivity contribution is -0.140. The molecule has 48 heavy (non-hydrogen) atoms. The second-order valence-corrected chi connectivity index (χ2v) is 17.3. The van der Waals surface area contributed by atoms with Crippen LogP contribution in [0.4, 0.5) is 5.69 Å². The molecule has 4 bridgehead atoms. The van der Waals surface area contributed by atoms with Crippen LogP contribution in [0, 0.1) is 17.8 Å². The number of nitrogens with zero attached hydrogens (tertiary/aromatic N) is 2. The number of rotatable bonds is 14. The molecular weight excluding hydrogens is 686 g/mol. The standard InChI is InChI=1S/C39H48BrN3O4S/c1-3-4-18-41-38(45)36(22-28-8-6-5-7-9-28)42(26-29-10-14-34(40)15-11-29)37(44)27-43(48(2,46)47)35-16-12-33(13-17-35)39-23-30-19-31(24-39)21-32(20-30)25-39/h5-17,30-32,36H,3-4,18-27H2,1-2H3,(H,41,45)/t30?,31?,32?,36-,39?/m1/s1. The fourth-order valence-corrected chi connectivity index (χ4v) is 10.0. The average Bonchev–Trinajstić information content (AvgIpc) is 3.05. The molecule has 4 aliphatic rings. The number of hydrogen-bond donors (Lipinski definition) is 1. The molecule has 0 heterocycles. The number of carbonyl (C=O) groups excluding carboxylic acids is 2. The molecule has 2 amide bonds. The highest BCUT2D eigenvalue weighted by Gasteiger charge is 2.51. The van der Waals surface area contributed by atoms with E-state index in [1.165, 1.54) is 48.4 Å². The Bertz CT molecular complexity index is 1640. The van der Waals surface area contributed by atoms with Gasteiger partial charge in [-0.1, -0.05) is 83.9 Å². The van der Waals surface area contributed by atoms with E-state index in [9.17, 15) is 18.0 Å². The molecular formula is C39H48BrN3O4S. The Morgan fingerprint density at radius 2 is 1.48 bits per heavy atom. The van der Waals surface area contributed by atoms with E-state index in [2.05, 4.69) is 40.3 Å². The first-order valence-corrected chi connectivity index (χ1v) is 20.1. The molecule has 0 aromatic heterocycles. The molecule has 9 heteroatoms. The second-order valence-electron chi connectivity index (χ2n) is 14.5. The van der Waals surface area contributed by atoms with Gasteiger partial charge in [0.05, 0.1) is 11.9 Å². The van der Waals surface area contributed by atoms with Gasteiger partial charge in [0.15, 0.2) is 0 Å². The first kappa shape index (κ1) is 34.7. The van der Waals surface area contributed by atoms with Gasteiger partial charge in [0.2, 0.25) is 21.8 Å². The molecule has 0 saturated heterocycles. The van der Waals surface area contributed by atoms with E-state index in [0.717, 1.165) is 52.5 Å². The number of amides is 2. The van der Waals surface area contributed by atoms with Gasteiger partial charge in [-0.15, -0.1) is 0 Å². The van der Waals surface area contributed by atoms with E-state index in [1.807, 2.05) is 66.7 Å². The summed E-state index contributed by atoms with van der Waals surface area (Å²) in [5, 5.41) is 3.04. The predicted molar refractivity (Wildman–Crippen MR) is 195 cm³/mol. The van der Waals surface area contributed by atoms with Crippen molar-refractivity contribution in [2.24, 2.45) is 17.8 Å². The van der Waals surface area contributed by atoms with Gasteiger partial charge in [-0.2, -0.15) is 0 Å². The fourth-order valence-electron chi connectivity index (χ4n) is 8.91. The van der Waals surface area contributed by atoms with Crippen LogP contribution in [0.2, 0.25) is 0 Å². The molecule has 3 aromatic rings. The van der Waals surface area contributed by atoms with Crippen LogP contribution in [0.15, 0.2) is 83.3 Å². The summed E-state index contributed by atoms with van der Waals surface area (Å²) in [7, 11) is -3.83. The fraction of sp³-hybridized carbons (Fsp3) is 0.487. The Morgan fingerprint density at radius 3 is 2.04 bits per heavy atom. The van der Waals surface area contributed by atoms with E-state index in [-0.39, 0.29) is 17.9 Å². The maximum absolute atomic E-state index is 14.4. The molecule has 1 atom stereocenters. The van der Waals surface area contributed by atoms with Crippen LogP contribution >= 0.6 is 15.9 Å². The lowest BCUT2D eigenvalue weighted by Gasteiger charge is -2.57. The number of anilines is 1. The summed E-state index contributed by atoms with van der Waals surface area (Å²) in [6.45, 7) is 2.33. The molecule has 0 radical (unpaired) electrons. The van der Waals surface area contributed by atoms with Crippen molar-refractivity contribution < 1.29 is 18.0 Å². The van der Waals surface area contributed by atoms with Gasteiger partial charge in [0, 0.05) is 24.0 Å².